The van der Waals surface area contributed by atoms with Crippen molar-refractivity contribution in [2.45, 2.75) is 57.3 Å². The Morgan fingerprint density at radius 1 is 1.29 bits per heavy atom. The fourth-order valence-electron chi connectivity index (χ4n) is 2.71. The number of aliphatic carboxylic acids is 1. The lowest BCUT2D eigenvalue weighted by Gasteiger charge is -2.28. The number of nitrogens with zero attached hydrogens (tertiary/aromatic N) is 1. The number of hydrogen-bond acceptors (Lipinski definition) is 2. The highest BCUT2D eigenvalue weighted by Crippen LogP contribution is 2.33. The highest BCUT2D eigenvalue weighted by Gasteiger charge is 2.38. The van der Waals surface area contributed by atoms with Crippen molar-refractivity contribution in [2.24, 2.45) is 0 Å². The molecule has 0 radical (unpaired) electrons. The number of benzene rings is 1. The molecule has 4 nitrogen and oxygen atoms in total. The SMILES string of the molecule is CC(CC(=O)N(C1CC1)C(C)C(=O)O)c1cccc(C(F)(F)F)c1. The van der Waals surface area contributed by atoms with Gasteiger partial charge in [0.2, 0.25) is 5.91 Å². The molecule has 24 heavy (non-hydrogen) atoms. The van der Waals surface area contributed by atoms with E-state index in [1.807, 2.05) is 0 Å². The van der Waals surface area contributed by atoms with Gasteiger partial charge in [0.25, 0.3) is 0 Å². The normalized spacial score (nSPS) is 17.2. The molecule has 0 saturated heterocycles. The predicted molar refractivity (Wildman–Crippen MR) is 81.4 cm³/mol. The molecule has 7 heteroatoms. The van der Waals surface area contributed by atoms with E-state index < -0.39 is 29.7 Å². The highest BCUT2D eigenvalue weighted by atomic mass is 19.4. The summed E-state index contributed by atoms with van der Waals surface area (Å²) in [6.45, 7) is 3.12. The molecule has 1 amide bonds. The van der Waals surface area contributed by atoms with E-state index in [0.29, 0.717) is 5.56 Å². The summed E-state index contributed by atoms with van der Waals surface area (Å²) in [7, 11) is 0. The average Bonchev–Trinajstić information content (AvgIpc) is 3.31. The van der Waals surface area contributed by atoms with Gasteiger partial charge in [-0.25, -0.2) is 4.79 Å². The predicted octanol–water partition coefficient (Wildman–Crippen LogP) is 3.66. The first-order valence-electron chi connectivity index (χ1n) is 7.82. The Kier molecular flexibility index (Phi) is 5.20. The molecule has 1 fully saturated rings. The Balaban J connectivity index is 2.12. The molecule has 2 atom stereocenters. The average molecular weight is 343 g/mol. The molecule has 1 aromatic carbocycles. The number of rotatable bonds is 6. The van der Waals surface area contributed by atoms with Gasteiger partial charge in [0.1, 0.15) is 6.04 Å². The number of halogens is 3. The van der Waals surface area contributed by atoms with Gasteiger partial charge in [-0.15, -0.1) is 0 Å². The van der Waals surface area contributed by atoms with Crippen LogP contribution in [0.1, 0.15) is 50.2 Å². The van der Waals surface area contributed by atoms with Crippen LogP contribution in [0.25, 0.3) is 0 Å². The first kappa shape index (κ1) is 18.3. The number of hydrogen-bond donors (Lipinski definition) is 1. The summed E-state index contributed by atoms with van der Waals surface area (Å²) in [6, 6.07) is 3.89. The molecule has 0 bridgehead atoms. The van der Waals surface area contributed by atoms with Crippen LogP contribution in [0, 0.1) is 0 Å². The molecular formula is C17H20F3NO3. The smallest absolute Gasteiger partial charge is 0.416 e. The molecule has 0 heterocycles. The van der Waals surface area contributed by atoms with Gasteiger partial charge in [-0.2, -0.15) is 13.2 Å². The Labute approximate surface area is 138 Å². The maximum atomic E-state index is 12.8. The first-order chi connectivity index (χ1) is 11.1. The maximum absolute atomic E-state index is 12.8. The van der Waals surface area contributed by atoms with Crippen molar-refractivity contribution in [3.63, 3.8) is 0 Å². The largest absolute Gasteiger partial charge is 0.480 e. The van der Waals surface area contributed by atoms with Crippen LogP contribution in [0.5, 0.6) is 0 Å². The standard InChI is InChI=1S/C17H20F3NO3/c1-10(12-4-3-5-13(9-12)17(18,19)20)8-15(22)21(14-6-7-14)11(2)16(23)24/h3-5,9-11,14H,6-8H2,1-2H3,(H,23,24). The molecule has 2 rings (SSSR count). The van der Waals surface area contributed by atoms with Crippen LogP contribution in [0.4, 0.5) is 13.2 Å². The van der Waals surface area contributed by atoms with Crippen LogP contribution in [-0.2, 0) is 15.8 Å². The Morgan fingerprint density at radius 3 is 2.42 bits per heavy atom. The Hall–Kier alpha value is -2.05. The topological polar surface area (TPSA) is 57.6 Å². The van der Waals surface area contributed by atoms with Crippen LogP contribution >= 0.6 is 0 Å². The lowest BCUT2D eigenvalue weighted by Crippen LogP contribution is -2.45. The monoisotopic (exact) mass is 343 g/mol. The molecule has 132 valence electrons. The van der Waals surface area contributed by atoms with E-state index in [1.165, 1.54) is 17.9 Å². The van der Waals surface area contributed by atoms with Crippen LogP contribution in [-0.4, -0.2) is 34.0 Å². The summed E-state index contributed by atoms with van der Waals surface area (Å²) in [4.78, 5) is 25.0. The van der Waals surface area contributed by atoms with Crippen LogP contribution in [0.3, 0.4) is 0 Å². The van der Waals surface area contributed by atoms with Gasteiger partial charge >= 0.3 is 12.1 Å². The zero-order valence-corrected chi connectivity index (χ0v) is 13.5. The van der Waals surface area contributed by atoms with Gasteiger partial charge in [-0.05, 0) is 37.3 Å². The van der Waals surface area contributed by atoms with Gasteiger partial charge in [-0.3, -0.25) is 4.79 Å². The van der Waals surface area contributed by atoms with E-state index in [1.54, 1.807) is 13.0 Å². The Bertz CT molecular complexity index is 626. The Morgan fingerprint density at radius 2 is 1.92 bits per heavy atom. The van der Waals surface area contributed by atoms with E-state index in [2.05, 4.69) is 0 Å². The van der Waals surface area contributed by atoms with E-state index in [4.69, 9.17) is 5.11 Å². The van der Waals surface area contributed by atoms with Crippen molar-refractivity contribution in [3.8, 4) is 0 Å². The summed E-state index contributed by atoms with van der Waals surface area (Å²) in [5.74, 6) is -1.85. The zero-order chi connectivity index (χ0) is 18.1. The third kappa shape index (κ3) is 4.27. The second kappa shape index (κ2) is 6.83. The number of carbonyl (C=O) groups is 2. The third-order valence-corrected chi connectivity index (χ3v) is 4.27. The fraction of sp³-hybridized carbons (Fsp3) is 0.529. The van der Waals surface area contributed by atoms with Crippen molar-refractivity contribution in [2.75, 3.05) is 0 Å². The van der Waals surface area contributed by atoms with Gasteiger partial charge in [0, 0.05) is 12.5 Å². The van der Waals surface area contributed by atoms with Gasteiger partial charge in [0.15, 0.2) is 0 Å². The lowest BCUT2D eigenvalue weighted by molar-refractivity contribution is -0.150. The van der Waals surface area contributed by atoms with E-state index in [0.717, 1.165) is 25.0 Å². The van der Waals surface area contributed by atoms with Crippen molar-refractivity contribution < 1.29 is 27.9 Å². The van der Waals surface area contributed by atoms with Crippen LogP contribution in [0.2, 0.25) is 0 Å². The highest BCUT2D eigenvalue weighted by molar-refractivity contribution is 5.84. The number of carbonyl (C=O) groups excluding carboxylic acids is 1. The number of amides is 1. The van der Waals surface area contributed by atoms with Gasteiger partial charge in [-0.1, -0.05) is 25.1 Å². The van der Waals surface area contributed by atoms with Gasteiger partial charge in [0.05, 0.1) is 5.56 Å². The minimum absolute atomic E-state index is 0.0184. The quantitative estimate of drug-likeness (QED) is 0.857. The summed E-state index contributed by atoms with van der Waals surface area (Å²) in [5.41, 5.74) is -0.339. The van der Waals surface area contributed by atoms with Crippen molar-refractivity contribution >= 4 is 11.9 Å². The maximum Gasteiger partial charge on any atom is 0.416 e. The number of carboxylic acid groups (broad SMARTS) is 1. The van der Waals surface area contributed by atoms with Crippen LogP contribution in [0.15, 0.2) is 24.3 Å². The molecule has 1 aliphatic rings. The van der Waals surface area contributed by atoms with Crippen LogP contribution < -0.4 is 0 Å². The summed E-state index contributed by atoms with van der Waals surface area (Å²) in [5, 5.41) is 9.14. The third-order valence-electron chi connectivity index (χ3n) is 4.27. The zero-order valence-electron chi connectivity index (χ0n) is 13.5. The fourth-order valence-corrected chi connectivity index (χ4v) is 2.71. The lowest BCUT2D eigenvalue weighted by atomic mass is 9.95. The molecule has 1 aromatic rings. The molecule has 1 N–H and O–H groups in total. The molecular weight excluding hydrogens is 323 g/mol. The number of alkyl halides is 3. The second-order valence-corrected chi connectivity index (χ2v) is 6.27. The van der Waals surface area contributed by atoms with E-state index >= 15 is 0 Å². The molecule has 0 aromatic heterocycles. The second-order valence-electron chi connectivity index (χ2n) is 6.27. The summed E-state index contributed by atoms with van der Waals surface area (Å²) in [6.07, 6.45) is -2.92. The molecule has 1 aliphatic carbocycles. The summed E-state index contributed by atoms with van der Waals surface area (Å²) >= 11 is 0. The van der Waals surface area contributed by atoms with E-state index in [9.17, 15) is 22.8 Å². The number of carboxylic acids is 1. The molecule has 0 spiro atoms. The summed E-state index contributed by atoms with van der Waals surface area (Å²) < 4.78 is 38.4. The van der Waals surface area contributed by atoms with Crippen molar-refractivity contribution in [1.29, 1.82) is 0 Å². The van der Waals surface area contributed by atoms with Crippen molar-refractivity contribution in [3.05, 3.63) is 35.4 Å². The molecule has 1 saturated carbocycles. The molecule has 2 unspecified atom stereocenters. The van der Waals surface area contributed by atoms with E-state index in [-0.39, 0.29) is 18.4 Å². The van der Waals surface area contributed by atoms with Crippen molar-refractivity contribution in [1.82, 2.24) is 4.90 Å². The molecule has 0 aliphatic heterocycles. The first-order valence-corrected chi connectivity index (χ1v) is 7.82. The van der Waals surface area contributed by atoms with Gasteiger partial charge < -0.3 is 10.0 Å². The minimum atomic E-state index is -4.43. The minimum Gasteiger partial charge on any atom is -0.480 e.